The van der Waals surface area contributed by atoms with Crippen LogP contribution in [0.15, 0.2) is 58.4 Å². The number of thioether (sulfide) groups is 1. The van der Waals surface area contributed by atoms with Crippen LogP contribution in [0.3, 0.4) is 0 Å². The first-order valence-electron chi connectivity index (χ1n) is 9.86. The summed E-state index contributed by atoms with van der Waals surface area (Å²) in [5.41, 5.74) is 4.69. The number of carbonyl (C=O) groups is 1. The lowest BCUT2D eigenvalue weighted by Gasteiger charge is -2.36. The van der Waals surface area contributed by atoms with Crippen LogP contribution >= 0.6 is 11.8 Å². The number of anilines is 2. The standard InChI is InChI=1S/C23H26N4OS/c1-17-4-8-20(9-5-17)26-12-14-27(15-13-26)23-24-22(28)21(29-23)16-18-6-10-19(11-7-18)25(2)3/h4-11,16H,12-15H2,1-3H3/b21-16-. The molecule has 1 amide bonds. The highest BCUT2D eigenvalue weighted by Crippen LogP contribution is 2.31. The van der Waals surface area contributed by atoms with E-state index >= 15 is 0 Å². The molecule has 4 rings (SSSR count). The molecule has 0 aromatic heterocycles. The summed E-state index contributed by atoms with van der Waals surface area (Å²) in [6.07, 6.45) is 1.94. The van der Waals surface area contributed by atoms with E-state index in [0.717, 1.165) is 42.6 Å². The van der Waals surface area contributed by atoms with E-state index in [9.17, 15) is 4.79 Å². The Balaban J connectivity index is 1.38. The zero-order valence-corrected chi connectivity index (χ0v) is 17.9. The second-order valence-electron chi connectivity index (χ2n) is 7.61. The topological polar surface area (TPSA) is 39.1 Å². The highest BCUT2D eigenvalue weighted by molar-refractivity contribution is 8.18. The van der Waals surface area contributed by atoms with E-state index in [2.05, 4.69) is 63.0 Å². The molecule has 2 aliphatic heterocycles. The summed E-state index contributed by atoms with van der Waals surface area (Å²) in [5, 5.41) is 0.828. The van der Waals surface area contributed by atoms with Crippen LogP contribution in [0.5, 0.6) is 0 Å². The number of benzene rings is 2. The smallest absolute Gasteiger partial charge is 0.286 e. The second kappa shape index (κ2) is 8.33. The normalized spacial score (nSPS) is 18.4. The van der Waals surface area contributed by atoms with Gasteiger partial charge in [0.2, 0.25) is 0 Å². The van der Waals surface area contributed by atoms with Crippen LogP contribution in [0.2, 0.25) is 0 Å². The first-order valence-corrected chi connectivity index (χ1v) is 10.7. The summed E-state index contributed by atoms with van der Waals surface area (Å²) in [7, 11) is 4.03. The molecule has 150 valence electrons. The van der Waals surface area contributed by atoms with Gasteiger partial charge >= 0.3 is 0 Å². The van der Waals surface area contributed by atoms with Gasteiger partial charge in [0.25, 0.3) is 5.91 Å². The van der Waals surface area contributed by atoms with Crippen LogP contribution in [-0.4, -0.2) is 56.2 Å². The third-order valence-electron chi connectivity index (χ3n) is 5.27. The molecule has 0 N–H and O–H groups in total. The van der Waals surface area contributed by atoms with Gasteiger partial charge in [-0.1, -0.05) is 29.8 Å². The number of nitrogens with zero attached hydrogens (tertiary/aromatic N) is 4. The number of hydrogen-bond donors (Lipinski definition) is 0. The van der Waals surface area contributed by atoms with Gasteiger partial charge in [0.05, 0.1) is 4.91 Å². The molecule has 6 heteroatoms. The van der Waals surface area contributed by atoms with Crippen molar-refractivity contribution < 1.29 is 4.79 Å². The van der Waals surface area contributed by atoms with Crippen molar-refractivity contribution in [1.82, 2.24) is 4.90 Å². The number of amidine groups is 1. The monoisotopic (exact) mass is 406 g/mol. The van der Waals surface area contributed by atoms with Crippen molar-refractivity contribution in [2.75, 3.05) is 50.1 Å². The fourth-order valence-corrected chi connectivity index (χ4v) is 4.43. The molecule has 2 aromatic carbocycles. The Kier molecular flexibility index (Phi) is 5.62. The predicted molar refractivity (Wildman–Crippen MR) is 124 cm³/mol. The zero-order valence-electron chi connectivity index (χ0n) is 17.1. The molecule has 0 bridgehead atoms. The van der Waals surface area contributed by atoms with E-state index in [1.165, 1.54) is 23.0 Å². The van der Waals surface area contributed by atoms with E-state index in [-0.39, 0.29) is 5.91 Å². The fraction of sp³-hybridized carbons (Fsp3) is 0.304. The molecule has 2 aromatic rings. The van der Waals surface area contributed by atoms with E-state index in [0.29, 0.717) is 4.91 Å². The van der Waals surface area contributed by atoms with Crippen molar-refractivity contribution in [2.45, 2.75) is 6.92 Å². The average molecular weight is 407 g/mol. The number of piperazine rings is 1. The molecule has 0 aliphatic carbocycles. The lowest BCUT2D eigenvalue weighted by atomic mass is 10.2. The Morgan fingerprint density at radius 3 is 2.17 bits per heavy atom. The quantitative estimate of drug-likeness (QED) is 0.724. The van der Waals surface area contributed by atoms with Crippen LogP contribution < -0.4 is 9.80 Å². The molecule has 0 spiro atoms. The Labute approximate surface area is 176 Å². The van der Waals surface area contributed by atoms with Gasteiger partial charge in [-0.15, -0.1) is 0 Å². The minimum atomic E-state index is -0.136. The molecule has 0 radical (unpaired) electrons. The maximum absolute atomic E-state index is 12.4. The lowest BCUT2D eigenvalue weighted by Crippen LogP contribution is -2.47. The van der Waals surface area contributed by atoms with Crippen molar-refractivity contribution >= 4 is 40.3 Å². The summed E-state index contributed by atoms with van der Waals surface area (Å²) < 4.78 is 0. The number of hydrogen-bond acceptors (Lipinski definition) is 5. The molecule has 29 heavy (non-hydrogen) atoms. The first-order chi connectivity index (χ1) is 14.0. The van der Waals surface area contributed by atoms with Crippen molar-refractivity contribution in [3.8, 4) is 0 Å². The van der Waals surface area contributed by atoms with Crippen LogP contribution in [0.1, 0.15) is 11.1 Å². The van der Waals surface area contributed by atoms with Gasteiger partial charge in [-0.25, -0.2) is 0 Å². The van der Waals surface area contributed by atoms with Crippen molar-refractivity contribution in [3.05, 3.63) is 64.6 Å². The van der Waals surface area contributed by atoms with E-state index in [1.807, 2.05) is 32.3 Å². The van der Waals surface area contributed by atoms with E-state index < -0.39 is 0 Å². The summed E-state index contributed by atoms with van der Waals surface area (Å²) in [4.78, 5) is 24.1. The molecule has 0 unspecified atom stereocenters. The van der Waals surface area contributed by atoms with Gasteiger partial charge in [0.1, 0.15) is 0 Å². The first kappa shape index (κ1) is 19.6. The molecule has 5 nitrogen and oxygen atoms in total. The minimum Gasteiger partial charge on any atom is -0.378 e. The lowest BCUT2D eigenvalue weighted by molar-refractivity contribution is -0.113. The molecule has 1 saturated heterocycles. The highest BCUT2D eigenvalue weighted by atomic mass is 32.2. The summed E-state index contributed by atoms with van der Waals surface area (Å²) in [5.74, 6) is -0.136. The van der Waals surface area contributed by atoms with Gasteiger partial charge in [-0.3, -0.25) is 4.79 Å². The van der Waals surface area contributed by atoms with Crippen LogP contribution in [0, 0.1) is 6.92 Å². The predicted octanol–water partition coefficient (Wildman–Crippen LogP) is 3.85. The van der Waals surface area contributed by atoms with Gasteiger partial charge in [0, 0.05) is 51.6 Å². The van der Waals surface area contributed by atoms with Crippen molar-refractivity contribution in [1.29, 1.82) is 0 Å². The molecule has 1 fully saturated rings. The SMILES string of the molecule is Cc1ccc(N2CCN(C3=NC(=O)/C(=C/c4ccc(N(C)C)cc4)S3)CC2)cc1. The third kappa shape index (κ3) is 4.48. The van der Waals surface area contributed by atoms with Crippen LogP contribution in [0.25, 0.3) is 6.08 Å². The molecular weight excluding hydrogens is 380 g/mol. The number of aliphatic imine (C=N–C) groups is 1. The summed E-state index contributed by atoms with van der Waals surface area (Å²) >= 11 is 1.49. The van der Waals surface area contributed by atoms with Crippen LogP contribution in [0.4, 0.5) is 11.4 Å². The highest BCUT2D eigenvalue weighted by Gasteiger charge is 2.28. The Hall–Kier alpha value is -2.73. The maximum atomic E-state index is 12.4. The molecular formula is C23H26N4OS. The molecule has 2 heterocycles. The third-order valence-corrected chi connectivity index (χ3v) is 6.31. The maximum Gasteiger partial charge on any atom is 0.286 e. The van der Waals surface area contributed by atoms with Gasteiger partial charge in [-0.05, 0) is 54.6 Å². The molecule has 0 saturated carbocycles. The van der Waals surface area contributed by atoms with E-state index in [4.69, 9.17) is 0 Å². The van der Waals surface area contributed by atoms with Gasteiger partial charge in [0.15, 0.2) is 5.17 Å². The van der Waals surface area contributed by atoms with Crippen molar-refractivity contribution in [2.24, 2.45) is 4.99 Å². The van der Waals surface area contributed by atoms with Crippen molar-refractivity contribution in [3.63, 3.8) is 0 Å². The van der Waals surface area contributed by atoms with Gasteiger partial charge < -0.3 is 14.7 Å². The molecule has 2 aliphatic rings. The Bertz CT molecular complexity index is 940. The average Bonchev–Trinajstić information content (AvgIpc) is 3.09. The van der Waals surface area contributed by atoms with Gasteiger partial charge in [-0.2, -0.15) is 4.99 Å². The zero-order chi connectivity index (χ0) is 20.4. The van der Waals surface area contributed by atoms with Crippen LogP contribution in [-0.2, 0) is 4.79 Å². The number of amides is 1. The number of aryl methyl sites for hydroxylation is 1. The Morgan fingerprint density at radius 1 is 0.931 bits per heavy atom. The fourth-order valence-electron chi connectivity index (χ4n) is 3.46. The number of rotatable bonds is 3. The number of carbonyl (C=O) groups excluding carboxylic acids is 1. The summed E-state index contributed by atoms with van der Waals surface area (Å²) in [6.45, 7) is 5.72. The largest absolute Gasteiger partial charge is 0.378 e. The Morgan fingerprint density at radius 2 is 1.55 bits per heavy atom. The summed E-state index contributed by atoms with van der Waals surface area (Å²) in [6, 6.07) is 16.9. The molecule has 0 atom stereocenters. The second-order valence-corrected chi connectivity index (χ2v) is 8.61. The minimum absolute atomic E-state index is 0.136. The van der Waals surface area contributed by atoms with E-state index in [1.54, 1.807) is 0 Å².